The van der Waals surface area contributed by atoms with E-state index in [1.165, 1.54) is 29.2 Å². The third-order valence-electron chi connectivity index (χ3n) is 2.91. The summed E-state index contributed by atoms with van der Waals surface area (Å²) in [4.78, 5) is 6.87. The van der Waals surface area contributed by atoms with Gasteiger partial charge in [0.2, 0.25) is 0 Å². The summed E-state index contributed by atoms with van der Waals surface area (Å²) in [6.07, 6.45) is 3.28. The second kappa shape index (κ2) is 4.99. The van der Waals surface area contributed by atoms with Crippen molar-refractivity contribution in [1.29, 1.82) is 0 Å². The first-order chi connectivity index (χ1) is 7.25. The molecule has 1 fully saturated rings. The Kier molecular flexibility index (Phi) is 3.65. The summed E-state index contributed by atoms with van der Waals surface area (Å²) in [5.41, 5.74) is 2.41. The third kappa shape index (κ3) is 2.95. The van der Waals surface area contributed by atoms with Crippen LogP contribution in [-0.2, 0) is 6.54 Å². The molecule has 1 atom stereocenters. The van der Waals surface area contributed by atoms with Crippen molar-refractivity contribution in [2.75, 3.05) is 18.6 Å². The summed E-state index contributed by atoms with van der Waals surface area (Å²) in [5.74, 6) is 2.60. The van der Waals surface area contributed by atoms with Gasteiger partial charge in [0.1, 0.15) is 0 Å². The molecular weight excluding hydrogens is 204 g/mol. The fraction of sp³-hybridized carbons (Fsp3) is 0.583. The number of hydrogen-bond acceptors (Lipinski definition) is 3. The van der Waals surface area contributed by atoms with Gasteiger partial charge in [-0.15, -0.1) is 0 Å². The first kappa shape index (κ1) is 11.0. The first-order valence-electron chi connectivity index (χ1n) is 5.45. The molecule has 1 aliphatic heterocycles. The molecule has 82 valence electrons. The molecule has 3 heteroatoms. The van der Waals surface area contributed by atoms with E-state index < -0.39 is 0 Å². The molecule has 0 aromatic carbocycles. The van der Waals surface area contributed by atoms with Crippen LogP contribution in [0.25, 0.3) is 0 Å². The molecule has 0 spiro atoms. The van der Waals surface area contributed by atoms with Crippen LogP contribution in [0.3, 0.4) is 0 Å². The van der Waals surface area contributed by atoms with E-state index in [1.54, 1.807) is 0 Å². The van der Waals surface area contributed by atoms with E-state index in [0.29, 0.717) is 0 Å². The Labute approximate surface area is 96.1 Å². The first-order valence-corrected chi connectivity index (χ1v) is 6.60. The van der Waals surface area contributed by atoms with Crippen LogP contribution in [0.15, 0.2) is 18.3 Å². The van der Waals surface area contributed by atoms with E-state index in [9.17, 15) is 0 Å². The zero-order valence-corrected chi connectivity index (χ0v) is 10.3. The summed E-state index contributed by atoms with van der Waals surface area (Å²) in [6, 6.07) is 5.02. The van der Waals surface area contributed by atoms with Crippen molar-refractivity contribution in [3.63, 3.8) is 0 Å². The number of hydrogen-bond donors (Lipinski definition) is 0. The predicted octanol–water partition coefficient (Wildman–Crippen LogP) is 2.33. The molecule has 0 radical (unpaired) electrons. The molecule has 0 N–H and O–H groups in total. The maximum Gasteiger partial charge on any atom is 0.0544 e. The van der Waals surface area contributed by atoms with E-state index in [-0.39, 0.29) is 0 Å². The molecule has 1 aromatic heterocycles. The molecule has 2 rings (SSSR count). The van der Waals surface area contributed by atoms with Crippen molar-refractivity contribution in [2.24, 2.45) is 0 Å². The number of aryl methyl sites for hydroxylation is 1. The largest absolute Gasteiger partial charge is 0.297 e. The minimum atomic E-state index is 0.748. The van der Waals surface area contributed by atoms with Gasteiger partial charge in [-0.25, -0.2) is 0 Å². The highest BCUT2D eigenvalue weighted by molar-refractivity contribution is 7.99. The SMILES string of the molecule is Cc1ccc(CN(C)[C@H]2CCSC2)nc1. The predicted molar refractivity (Wildman–Crippen MR) is 66.2 cm³/mol. The highest BCUT2D eigenvalue weighted by Crippen LogP contribution is 2.22. The van der Waals surface area contributed by atoms with Gasteiger partial charge in [-0.3, -0.25) is 9.88 Å². The van der Waals surface area contributed by atoms with Gasteiger partial charge in [0, 0.05) is 24.5 Å². The van der Waals surface area contributed by atoms with Crippen molar-refractivity contribution >= 4 is 11.8 Å². The highest BCUT2D eigenvalue weighted by Gasteiger charge is 2.19. The summed E-state index contributed by atoms with van der Waals surface area (Å²) >= 11 is 2.06. The van der Waals surface area contributed by atoms with Crippen LogP contribution in [0.1, 0.15) is 17.7 Å². The van der Waals surface area contributed by atoms with Crippen molar-refractivity contribution in [3.05, 3.63) is 29.6 Å². The highest BCUT2D eigenvalue weighted by atomic mass is 32.2. The van der Waals surface area contributed by atoms with E-state index in [0.717, 1.165) is 12.6 Å². The van der Waals surface area contributed by atoms with E-state index in [1.807, 2.05) is 6.20 Å². The lowest BCUT2D eigenvalue weighted by Gasteiger charge is -2.22. The normalized spacial score (nSPS) is 21.1. The van der Waals surface area contributed by atoms with Crippen LogP contribution >= 0.6 is 11.8 Å². The maximum absolute atomic E-state index is 4.44. The van der Waals surface area contributed by atoms with Crippen LogP contribution in [0, 0.1) is 6.92 Å². The van der Waals surface area contributed by atoms with Crippen LogP contribution in [0.4, 0.5) is 0 Å². The van der Waals surface area contributed by atoms with Gasteiger partial charge in [0.25, 0.3) is 0 Å². The van der Waals surface area contributed by atoms with Crippen molar-refractivity contribution in [3.8, 4) is 0 Å². The van der Waals surface area contributed by atoms with Crippen LogP contribution < -0.4 is 0 Å². The average molecular weight is 222 g/mol. The standard InChI is InChI=1S/C12H18N2S/c1-10-3-4-11(13-7-10)8-14(2)12-5-6-15-9-12/h3-4,7,12H,5-6,8-9H2,1-2H3/t12-/m0/s1. The van der Waals surface area contributed by atoms with Crippen LogP contribution in [0.5, 0.6) is 0 Å². The second-order valence-corrected chi connectivity index (χ2v) is 5.41. The molecule has 0 unspecified atom stereocenters. The topological polar surface area (TPSA) is 16.1 Å². The molecule has 0 aliphatic carbocycles. The van der Waals surface area contributed by atoms with Gasteiger partial charge in [-0.2, -0.15) is 11.8 Å². The minimum Gasteiger partial charge on any atom is -0.297 e. The molecule has 2 heterocycles. The third-order valence-corrected chi connectivity index (χ3v) is 4.06. The Hall–Kier alpha value is -0.540. The number of aromatic nitrogens is 1. The van der Waals surface area contributed by atoms with Crippen molar-refractivity contribution in [2.45, 2.75) is 25.9 Å². The number of nitrogens with zero attached hydrogens (tertiary/aromatic N) is 2. The molecule has 0 amide bonds. The van der Waals surface area contributed by atoms with Crippen LogP contribution in [-0.4, -0.2) is 34.5 Å². The lowest BCUT2D eigenvalue weighted by molar-refractivity contribution is 0.251. The van der Waals surface area contributed by atoms with E-state index >= 15 is 0 Å². The van der Waals surface area contributed by atoms with Crippen molar-refractivity contribution in [1.82, 2.24) is 9.88 Å². The Morgan fingerprint density at radius 2 is 2.40 bits per heavy atom. The summed E-state index contributed by atoms with van der Waals surface area (Å²) in [6.45, 7) is 3.06. The molecular formula is C12H18N2S. The van der Waals surface area contributed by atoms with Crippen molar-refractivity contribution < 1.29 is 0 Å². The minimum absolute atomic E-state index is 0.748. The zero-order chi connectivity index (χ0) is 10.7. The number of pyridine rings is 1. The fourth-order valence-corrected chi connectivity index (χ4v) is 3.14. The number of rotatable bonds is 3. The van der Waals surface area contributed by atoms with Crippen LogP contribution in [0.2, 0.25) is 0 Å². The zero-order valence-electron chi connectivity index (χ0n) is 9.44. The summed E-state index contributed by atoms with van der Waals surface area (Å²) in [7, 11) is 2.21. The molecule has 15 heavy (non-hydrogen) atoms. The maximum atomic E-state index is 4.44. The van der Waals surface area contributed by atoms with Gasteiger partial charge in [-0.05, 0) is 37.8 Å². The second-order valence-electron chi connectivity index (χ2n) is 4.26. The van der Waals surface area contributed by atoms with Gasteiger partial charge in [0.05, 0.1) is 5.69 Å². The summed E-state index contributed by atoms with van der Waals surface area (Å²) < 4.78 is 0. The Morgan fingerprint density at radius 1 is 1.53 bits per heavy atom. The van der Waals surface area contributed by atoms with E-state index in [2.05, 4.69) is 47.7 Å². The average Bonchev–Trinajstić information content (AvgIpc) is 2.74. The van der Waals surface area contributed by atoms with Gasteiger partial charge < -0.3 is 0 Å². The Morgan fingerprint density at radius 3 is 3.00 bits per heavy atom. The Balaban J connectivity index is 1.92. The molecule has 0 bridgehead atoms. The molecule has 2 nitrogen and oxygen atoms in total. The molecule has 1 saturated heterocycles. The van der Waals surface area contributed by atoms with Gasteiger partial charge in [0.15, 0.2) is 0 Å². The fourth-order valence-electron chi connectivity index (χ4n) is 1.85. The monoisotopic (exact) mass is 222 g/mol. The number of thioether (sulfide) groups is 1. The Bertz CT molecular complexity index is 304. The smallest absolute Gasteiger partial charge is 0.0544 e. The quantitative estimate of drug-likeness (QED) is 0.781. The van der Waals surface area contributed by atoms with Gasteiger partial charge in [-0.1, -0.05) is 6.07 Å². The lowest BCUT2D eigenvalue weighted by Crippen LogP contribution is -2.31. The van der Waals surface area contributed by atoms with Gasteiger partial charge >= 0.3 is 0 Å². The molecule has 1 aliphatic rings. The van der Waals surface area contributed by atoms with E-state index in [4.69, 9.17) is 0 Å². The molecule has 0 saturated carbocycles. The molecule has 1 aromatic rings. The summed E-state index contributed by atoms with van der Waals surface area (Å²) in [5, 5.41) is 0. The lowest BCUT2D eigenvalue weighted by atomic mass is 10.2.